The Hall–Kier alpha value is -2.55. The third-order valence-corrected chi connectivity index (χ3v) is 5.86. The fourth-order valence-electron chi connectivity index (χ4n) is 2.26. The van der Waals surface area contributed by atoms with Crippen LogP contribution in [0.5, 0.6) is 0 Å². The lowest BCUT2D eigenvalue weighted by atomic mass is 10.2. The number of carbonyl (C=O) groups is 1. The lowest BCUT2D eigenvalue weighted by molar-refractivity contribution is 0.102. The van der Waals surface area contributed by atoms with Crippen LogP contribution < -0.4 is 10.0 Å². The van der Waals surface area contributed by atoms with Gasteiger partial charge in [0.25, 0.3) is 5.91 Å². The van der Waals surface area contributed by atoms with Crippen LogP contribution in [-0.4, -0.2) is 19.3 Å². The molecule has 26 heavy (non-hydrogen) atoms. The van der Waals surface area contributed by atoms with Crippen LogP contribution in [0.25, 0.3) is 0 Å². The molecule has 0 spiro atoms. The van der Waals surface area contributed by atoms with Crippen LogP contribution >= 0.6 is 11.3 Å². The number of anilines is 1. The van der Waals surface area contributed by atoms with Crippen molar-refractivity contribution in [1.29, 1.82) is 0 Å². The van der Waals surface area contributed by atoms with Gasteiger partial charge < -0.3 is 5.32 Å². The molecule has 0 aliphatic rings. The normalized spacial score (nSPS) is 11.3. The molecule has 8 heteroatoms. The Bertz CT molecular complexity index is 1020. The minimum absolute atomic E-state index is 0.0407. The molecule has 2 heterocycles. The molecule has 0 saturated heterocycles. The van der Waals surface area contributed by atoms with Gasteiger partial charge in [-0.1, -0.05) is 12.1 Å². The highest BCUT2D eigenvalue weighted by atomic mass is 32.2. The fraction of sp³-hybridized carbons (Fsp3) is 0.111. The average Bonchev–Trinajstić information content (AvgIpc) is 3.14. The topological polar surface area (TPSA) is 88.2 Å². The van der Waals surface area contributed by atoms with Crippen LogP contribution in [0.4, 0.5) is 5.82 Å². The first kappa shape index (κ1) is 18.2. The lowest BCUT2D eigenvalue weighted by Crippen LogP contribution is -2.23. The predicted molar refractivity (Wildman–Crippen MR) is 102 cm³/mol. The zero-order chi connectivity index (χ0) is 18.6. The second kappa shape index (κ2) is 7.77. The van der Waals surface area contributed by atoms with Crippen molar-refractivity contribution < 1.29 is 13.2 Å². The molecule has 0 aliphatic carbocycles. The summed E-state index contributed by atoms with van der Waals surface area (Å²) in [6, 6.07) is 13.2. The van der Waals surface area contributed by atoms with E-state index in [1.807, 2.05) is 30.5 Å². The van der Waals surface area contributed by atoms with Gasteiger partial charge in [-0.25, -0.2) is 18.1 Å². The molecule has 1 amide bonds. The van der Waals surface area contributed by atoms with Crippen LogP contribution in [0.2, 0.25) is 0 Å². The quantitative estimate of drug-likeness (QED) is 0.680. The van der Waals surface area contributed by atoms with E-state index in [1.165, 1.54) is 29.5 Å². The van der Waals surface area contributed by atoms with Crippen LogP contribution in [0.15, 0.2) is 65.0 Å². The zero-order valence-corrected chi connectivity index (χ0v) is 15.6. The number of rotatable bonds is 6. The molecule has 0 aliphatic heterocycles. The molecular formula is C18H17N3O3S2. The lowest BCUT2D eigenvalue weighted by Gasteiger charge is -2.08. The largest absolute Gasteiger partial charge is 0.307 e. The van der Waals surface area contributed by atoms with E-state index in [0.29, 0.717) is 5.82 Å². The third kappa shape index (κ3) is 4.54. The molecule has 134 valence electrons. The first-order valence-electron chi connectivity index (χ1n) is 7.80. The number of carbonyl (C=O) groups excluding carboxylic acids is 1. The average molecular weight is 387 g/mol. The van der Waals surface area contributed by atoms with Crippen molar-refractivity contribution in [3.8, 4) is 0 Å². The maximum absolute atomic E-state index is 12.5. The Labute approximate surface area is 156 Å². The molecule has 2 N–H and O–H groups in total. The van der Waals surface area contributed by atoms with Crippen LogP contribution in [0.3, 0.4) is 0 Å². The number of pyridine rings is 1. The number of sulfonamides is 1. The van der Waals surface area contributed by atoms with Crippen LogP contribution in [-0.2, 0) is 16.6 Å². The number of hydrogen-bond donors (Lipinski definition) is 2. The van der Waals surface area contributed by atoms with Crippen molar-refractivity contribution in [3.05, 3.63) is 76.1 Å². The number of thiophene rings is 1. The molecule has 0 unspecified atom stereocenters. The van der Waals surface area contributed by atoms with Crippen molar-refractivity contribution in [2.24, 2.45) is 0 Å². The molecule has 0 atom stereocenters. The highest BCUT2D eigenvalue weighted by Crippen LogP contribution is 2.15. The van der Waals surface area contributed by atoms with Gasteiger partial charge in [0, 0.05) is 23.2 Å². The summed E-state index contributed by atoms with van der Waals surface area (Å²) in [5.74, 6) is -0.00233. The highest BCUT2D eigenvalue weighted by Gasteiger charge is 2.16. The van der Waals surface area contributed by atoms with Crippen LogP contribution in [0.1, 0.15) is 20.8 Å². The van der Waals surface area contributed by atoms with E-state index in [4.69, 9.17) is 0 Å². The number of nitrogens with zero attached hydrogens (tertiary/aromatic N) is 1. The molecule has 2 aromatic heterocycles. The van der Waals surface area contributed by atoms with Crippen molar-refractivity contribution in [3.63, 3.8) is 0 Å². The van der Waals surface area contributed by atoms with Gasteiger partial charge in [0.1, 0.15) is 5.82 Å². The first-order chi connectivity index (χ1) is 12.4. The fourth-order valence-corrected chi connectivity index (χ4v) is 4.05. The van der Waals surface area contributed by atoms with Gasteiger partial charge in [0.15, 0.2) is 0 Å². The second-order valence-electron chi connectivity index (χ2n) is 5.60. The predicted octanol–water partition coefficient (Wildman–Crippen LogP) is 3.18. The van der Waals surface area contributed by atoms with E-state index in [9.17, 15) is 13.2 Å². The monoisotopic (exact) mass is 387 g/mol. The van der Waals surface area contributed by atoms with Crippen LogP contribution in [0, 0.1) is 6.92 Å². The summed E-state index contributed by atoms with van der Waals surface area (Å²) in [7, 11) is -3.71. The number of aromatic nitrogens is 1. The standard InChI is InChI=1S/C18H17N3O3S2/c1-13-7-8-19-17(10-13)21-18(22)14-4-2-6-16(11-14)26(23,24)20-12-15-5-3-9-25-15/h2-11,20H,12H2,1H3,(H,19,21,22). The molecular weight excluding hydrogens is 370 g/mol. The summed E-state index contributed by atoms with van der Waals surface area (Å²) < 4.78 is 27.4. The van der Waals surface area contributed by atoms with Gasteiger partial charge in [-0.2, -0.15) is 0 Å². The summed E-state index contributed by atoms with van der Waals surface area (Å²) in [6.45, 7) is 2.10. The summed E-state index contributed by atoms with van der Waals surface area (Å²) in [5.41, 5.74) is 1.21. The number of benzene rings is 1. The Balaban J connectivity index is 1.75. The minimum Gasteiger partial charge on any atom is -0.307 e. The molecule has 1 aromatic carbocycles. The number of aryl methyl sites for hydroxylation is 1. The van der Waals surface area contributed by atoms with Crippen molar-refractivity contribution >= 4 is 33.1 Å². The van der Waals surface area contributed by atoms with E-state index in [2.05, 4.69) is 15.0 Å². The van der Waals surface area contributed by atoms with Gasteiger partial charge in [0.2, 0.25) is 10.0 Å². The Morgan fingerprint density at radius 3 is 2.73 bits per heavy atom. The summed E-state index contributed by atoms with van der Waals surface area (Å²) in [4.78, 5) is 17.4. The molecule has 3 aromatic rings. The van der Waals surface area contributed by atoms with E-state index in [1.54, 1.807) is 18.3 Å². The van der Waals surface area contributed by atoms with Crippen molar-refractivity contribution in [2.45, 2.75) is 18.4 Å². The van der Waals surface area contributed by atoms with E-state index >= 15 is 0 Å². The Morgan fingerprint density at radius 1 is 1.15 bits per heavy atom. The number of hydrogen-bond acceptors (Lipinski definition) is 5. The number of amides is 1. The molecule has 0 bridgehead atoms. The van der Waals surface area contributed by atoms with E-state index in [0.717, 1.165) is 10.4 Å². The maximum atomic E-state index is 12.5. The van der Waals surface area contributed by atoms with Crippen molar-refractivity contribution in [2.75, 3.05) is 5.32 Å². The summed E-state index contributed by atoms with van der Waals surface area (Å²) >= 11 is 1.47. The SMILES string of the molecule is Cc1ccnc(NC(=O)c2cccc(S(=O)(=O)NCc3cccs3)c2)c1. The van der Waals surface area contributed by atoms with Gasteiger partial charge in [-0.15, -0.1) is 11.3 Å². The maximum Gasteiger partial charge on any atom is 0.256 e. The van der Waals surface area contributed by atoms with E-state index < -0.39 is 15.9 Å². The smallest absolute Gasteiger partial charge is 0.256 e. The summed E-state index contributed by atoms with van der Waals surface area (Å²) in [6.07, 6.45) is 1.60. The molecule has 0 fully saturated rings. The number of nitrogens with one attached hydrogen (secondary N) is 2. The molecule has 0 saturated carbocycles. The molecule has 3 rings (SSSR count). The first-order valence-corrected chi connectivity index (χ1v) is 10.2. The van der Waals surface area contributed by atoms with Gasteiger partial charge in [0.05, 0.1) is 4.90 Å². The van der Waals surface area contributed by atoms with Gasteiger partial charge in [-0.05, 0) is 54.3 Å². The van der Waals surface area contributed by atoms with Gasteiger partial charge >= 0.3 is 0 Å². The Kier molecular flexibility index (Phi) is 5.46. The van der Waals surface area contributed by atoms with Gasteiger partial charge in [-0.3, -0.25) is 4.79 Å². The van der Waals surface area contributed by atoms with Crippen molar-refractivity contribution in [1.82, 2.24) is 9.71 Å². The third-order valence-electron chi connectivity index (χ3n) is 3.58. The minimum atomic E-state index is -3.71. The molecule has 6 nitrogen and oxygen atoms in total. The highest BCUT2D eigenvalue weighted by molar-refractivity contribution is 7.89. The summed E-state index contributed by atoms with van der Waals surface area (Å²) in [5, 5.41) is 4.55. The molecule has 0 radical (unpaired) electrons. The Morgan fingerprint density at radius 2 is 2.00 bits per heavy atom. The van der Waals surface area contributed by atoms with E-state index in [-0.39, 0.29) is 17.0 Å². The second-order valence-corrected chi connectivity index (χ2v) is 8.40. The zero-order valence-electron chi connectivity index (χ0n) is 14.0.